The first kappa shape index (κ1) is 25.4. The van der Waals surface area contributed by atoms with Gasteiger partial charge in [0.25, 0.3) is 0 Å². The number of aromatic hydroxyl groups is 1. The predicted octanol–water partition coefficient (Wildman–Crippen LogP) is -0.531. The number of carboxylic acid groups (broad SMARTS) is 1. The van der Waals surface area contributed by atoms with E-state index in [-0.39, 0.29) is 5.56 Å². The number of carbonyl (C=O) groups is 1. The molecule has 2 aromatic carbocycles. The van der Waals surface area contributed by atoms with Gasteiger partial charge in [-0.05, 0) is 18.2 Å². The molecule has 0 aliphatic carbocycles. The predicted molar refractivity (Wildman–Crippen MR) is 112 cm³/mol. The Morgan fingerprint density at radius 1 is 1.06 bits per heavy atom. The van der Waals surface area contributed by atoms with Crippen LogP contribution in [0, 0.1) is 11.6 Å². The van der Waals surface area contributed by atoms with Crippen molar-refractivity contribution >= 4 is 5.97 Å². The Morgan fingerprint density at radius 3 is 2.42 bits per heavy atom. The molecule has 0 amide bonds. The number of hydrogen-bond donors (Lipinski definition) is 6. The van der Waals surface area contributed by atoms with Crippen molar-refractivity contribution in [3.05, 3.63) is 71.8 Å². The average molecular weight is 509 g/mol. The van der Waals surface area contributed by atoms with Crippen LogP contribution in [0.3, 0.4) is 0 Å². The molecule has 2 heterocycles. The number of halogens is 2. The maximum Gasteiger partial charge on any atom is 0.335 e. The van der Waals surface area contributed by atoms with Crippen molar-refractivity contribution in [2.24, 2.45) is 0 Å². The second kappa shape index (κ2) is 9.75. The number of phenolic OH excluding ortho intramolecular Hbond substituents is 1. The number of hydrogen-bond acceptors (Lipinski definition) is 10. The van der Waals surface area contributed by atoms with Gasteiger partial charge in [0.05, 0.1) is 6.54 Å². The summed E-state index contributed by atoms with van der Waals surface area (Å²) in [5, 5.41) is 65.6. The number of rotatable bonds is 7. The van der Waals surface area contributed by atoms with Crippen LogP contribution in [0.25, 0.3) is 0 Å². The summed E-state index contributed by atoms with van der Waals surface area (Å²) in [5.74, 6) is -5.83. The summed E-state index contributed by atoms with van der Waals surface area (Å²) in [7, 11) is 0. The number of carboxylic acids is 1. The molecular formula is C22H21F2N3O9. The summed E-state index contributed by atoms with van der Waals surface area (Å²) in [6.45, 7) is -0.485. The number of ether oxygens (including phenoxy) is 2. The molecule has 192 valence electrons. The SMILES string of the molecule is O=C(O)[C@H]1O[C@@H](Oc2c(F)ccc(C(O)(Cn3cncn3)c3ccccc3F)c2O)[C@H](O)[C@@H](O)[C@@H]1O. The smallest absolute Gasteiger partial charge is 0.335 e. The summed E-state index contributed by atoms with van der Waals surface area (Å²) in [6, 6.07) is 6.83. The van der Waals surface area contributed by atoms with Crippen molar-refractivity contribution in [1.82, 2.24) is 14.8 Å². The maximum absolute atomic E-state index is 14.8. The summed E-state index contributed by atoms with van der Waals surface area (Å²) < 4.78 is 40.8. The number of benzene rings is 2. The minimum Gasteiger partial charge on any atom is -0.504 e. The van der Waals surface area contributed by atoms with E-state index in [9.17, 15) is 44.2 Å². The number of aromatic nitrogens is 3. The molecule has 14 heteroatoms. The summed E-state index contributed by atoms with van der Waals surface area (Å²) >= 11 is 0. The van der Waals surface area contributed by atoms with Crippen LogP contribution >= 0.6 is 0 Å². The van der Waals surface area contributed by atoms with Crippen LogP contribution in [-0.2, 0) is 21.7 Å². The fourth-order valence-electron chi connectivity index (χ4n) is 3.92. The molecule has 1 fully saturated rings. The van der Waals surface area contributed by atoms with Crippen LogP contribution < -0.4 is 4.74 Å². The van der Waals surface area contributed by atoms with Gasteiger partial charge in [-0.3, -0.25) is 0 Å². The lowest BCUT2D eigenvalue weighted by molar-refractivity contribution is -0.271. The van der Waals surface area contributed by atoms with Crippen LogP contribution in [0.2, 0.25) is 0 Å². The van der Waals surface area contributed by atoms with Crippen molar-refractivity contribution in [2.75, 3.05) is 0 Å². The molecule has 1 aliphatic heterocycles. The Balaban J connectivity index is 1.78. The number of aliphatic hydroxyl groups is 4. The zero-order valence-electron chi connectivity index (χ0n) is 18.2. The van der Waals surface area contributed by atoms with Gasteiger partial charge >= 0.3 is 5.97 Å². The lowest BCUT2D eigenvalue weighted by atomic mass is 9.85. The summed E-state index contributed by atoms with van der Waals surface area (Å²) in [5.41, 5.74) is -3.12. The minimum atomic E-state index is -2.36. The van der Waals surface area contributed by atoms with Crippen LogP contribution in [0.4, 0.5) is 8.78 Å². The Morgan fingerprint density at radius 2 is 1.78 bits per heavy atom. The van der Waals surface area contributed by atoms with Crippen molar-refractivity contribution in [3.8, 4) is 11.5 Å². The number of aliphatic carboxylic acids is 1. The van der Waals surface area contributed by atoms with Crippen LogP contribution in [0.5, 0.6) is 11.5 Å². The molecule has 4 rings (SSSR count). The van der Waals surface area contributed by atoms with E-state index in [1.54, 1.807) is 0 Å². The number of phenols is 1. The van der Waals surface area contributed by atoms with Crippen LogP contribution in [-0.4, -0.2) is 82.1 Å². The van der Waals surface area contributed by atoms with E-state index in [0.717, 1.165) is 29.2 Å². The van der Waals surface area contributed by atoms with E-state index in [1.165, 1.54) is 24.5 Å². The molecule has 12 nitrogen and oxygen atoms in total. The Kier molecular flexibility index (Phi) is 6.88. The zero-order valence-corrected chi connectivity index (χ0v) is 18.2. The molecule has 6 atom stereocenters. The topological polar surface area (TPSA) is 188 Å². The lowest BCUT2D eigenvalue weighted by Gasteiger charge is -2.38. The Bertz CT molecular complexity index is 1250. The van der Waals surface area contributed by atoms with Gasteiger partial charge in [-0.1, -0.05) is 18.2 Å². The van der Waals surface area contributed by atoms with E-state index in [1.807, 2.05) is 0 Å². The lowest BCUT2D eigenvalue weighted by Crippen LogP contribution is -2.61. The van der Waals surface area contributed by atoms with E-state index in [0.29, 0.717) is 0 Å². The molecular weight excluding hydrogens is 488 g/mol. The number of nitrogens with zero attached hydrogens (tertiary/aromatic N) is 3. The van der Waals surface area contributed by atoms with E-state index < -0.39 is 77.5 Å². The van der Waals surface area contributed by atoms with Gasteiger partial charge in [-0.2, -0.15) is 5.10 Å². The maximum atomic E-state index is 14.8. The third kappa shape index (κ3) is 4.47. The zero-order chi connectivity index (χ0) is 26.2. The normalized spacial score (nSPS) is 25.8. The second-order valence-electron chi connectivity index (χ2n) is 8.06. The highest BCUT2D eigenvalue weighted by molar-refractivity contribution is 5.73. The van der Waals surface area contributed by atoms with Gasteiger partial charge in [0.15, 0.2) is 17.7 Å². The molecule has 0 radical (unpaired) electrons. The first-order valence-electron chi connectivity index (χ1n) is 10.5. The van der Waals surface area contributed by atoms with Gasteiger partial charge < -0.3 is 40.1 Å². The van der Waals surface area contributed by atoms with Gasteiger partial charge in [0.2, 0.25) is 12.0 Å². The van der Waals surface area contributed by atoms with Gasteiger partial charge in [0.1, 0.15) is 42.4 Å². The molecule has 3 aromatic rings. The first-order valence-corrected chi connectivity index (χ1v) is 10.5. The highest BCUT2D eigenvalue weighted by Crippen LogP contribution is 2.44. The summed E-state index contributed by atoms with van der Waals surface area (Å²) in [6.07, 6.45) is -7.88. The largest absolute Gasteiger partial charge is 0.504 e. The standard InChI is InChI=1S/C22H21F2N3O9/c23-12-4-2-1-3-10(12)22(34,7-27-9-25-8-26-27)11-5-6-13(24)18(14(11)28)35-21-17(31)15(29)16(30)19(36-21)20(32)33/h1-6,8-9,15-17,19,21,28-31,34H,7H2,(H,32,33)/t15-,16-,17+,19-,21+,22?/m0/s1. The third-order valence-corrected chi connectivity index (χ3v) is 5.75. The van der Waals surface area contributed by atoms with E-state index in [2.05, 4.69) is 10.1 Å². The Labute approximate surface area is 201 Å². The van der Waals surface area contributed by atoms with Crippen molar-refractivity contribution in [1.29, 1.82) is 0 Å². The highest BCUT2D eigenvalue weighted by atomic mass is 19.1. The quantitative estimate of drug-likeness (QED) is 0.240. The fraction of sp³-hybridized carbons (Fsp3) is 0.318. The van der Waals surface area contributed by atoms with Crippen molar-refractivity contribution in [2.45, 2.75) is 42.9 Å². The van der Waals surface area contributed by atoms with Gasteiger partial charge in [-0.15, -0.1) is 0 Å². The van der Waals surface area contributed by atoms with Crippen LogP contribution in [0.15, 0.2) is 49.1 Å². The molecule has 1 saturated heterocycles. The first-order chi connectivity index (χ1) is 17.0. The monoisotopic (exact) mass is 509 g/mol. The molecule has 1 aliphatic rings. The Hall–Kier alpha value is -3.69. The molecule has 1 aromatic heterocycles. The van der Waals surface area contributed by atoms with Crippen molar-refractivity contribution in [3.63, 3.8) is 0 Å². The summed E-state index contributed by atoms with van der Waals surface area (Å²) in [4.78, 5) is 15.1. The van der Waals surface area contributed by atoms with Crippen LogP contribution in [0.1, 0.15) is 11.1 Å². The van der Waals surface area contributed by atoms with Crippen molar-refractivity contribution < 1.29 is 53.7 Å². The second-order valence-corrected chi connectivity index (χ2v) is 8.06. The average Bonchev–Trinajstić information content (AvgIpc) is 3.34. The highest BCUT2D eigenvalue weighted by Gasteiger charge is 2.49. The third-order valence-electron chi connectivity index (χ3n) is 5.75. The molecule has 0 bridgehead atoms. The van der Waals surface area contributed by atoms with Gasteiger partial charge in [-0.25, -0.2) is 23.2 Å². The fourth-order valence-corrected chi connectivity index (χ4v) is 3.92. The van der Waals surface area contributed by atoms with Gasteiger partial charge in [0, 0.05) is 11.1 Å². The van der Waals surface area contributed by atoms with E-state index >= 15 is 0 Å². The molecule has 1 unspecified atom stereocenters. The molecule has 36 heavy (non-hydrogen) atoms. The minimum absolute atomic E-state index is 0.313. The number of aliphatic hydroxyl groups excluding tert-OH is 3. The molecule has 0 spiro atoms. The molecule has 6 N–H and O–H groups in total. The molecule has 0 saturated carbocycles. The van der Waals surface area contributed by atoms with E-state index in [4.69, 9.17) is 9.47 Å².